The molecule has 0 unspecified atom stereocenters. The van der Waals surface area contributed by atoms with Crippen molar-refractivity contribution in [3.05, 3.63) is 108 Å². The second kappa shape index (κ2) is 18.4. The van der Waals surface area contributed by atoms with E-state index in [-0.39, 0.29) is 84.7 Å². The van der Waals surface area contributed by atoms with E-state index in [2.05, 4.69) is 51.2 Å². The average Bonchev–Trinajstić information content (AvgIpc) is 3.19. The van der Waals surface area contributed by atoms with Crippen LogP contribution >= 0.6 is 0 Å². The lowest BCUT2D eigenvalue weighted by molar-refractivity contribution is 0.191. The molecule has 6 rings (SSSR count). The first-order valence-electron chi connectivity index (χ1n) is 16.9. The number of para-hydroxylation sites is 2. The first-order valence-corrected chi connectivity index (χ1v) is 19.8. The van der Waals surface area contributed by atoms with Crippen LogP contribution in [0.25, 0.3) is 12.2 Å². The van der Waals surface area contributed by atoms with Crippen LogP contribution in [0.1, 0.15) is 11.1 Å². The van der Waals surface area contributed by atoms with Crippen LogP contribution in [0.15, 0.2) is 107 Å². The Morgan fingerprint density at radius 1 is 0.483 bits per heavy atom. The molecule has 0 aliphatic rings. The minimum absolute atomic E-state index is 0.0513. The van der Waals surface area contributed by atoms with Crippen molar-refractivity contribution in [3.8, 4) is 12.0 Å². The van der Waals surface area contributed by atoms with Crippen molar-refractivity contribution in [3.63, 3.8) is 0 Å². The maximum atomic E-state index is 12.6. The van der Waals surface area contributed by atoms with E-state index in [0.29, 0.717) is 11.4 Å². The fourth-order valence-electron chi connectivity index (χ4n) is 5.02. The van der Waals surface area contributed by atoms with Gasteiger partial charge < -0.3 is 41.0 Å². The van der Waals surface area contributed by atoms with E-state index in [9.17, 15) is 36.2 Å². The molecule has 0 bridgehead atoms. The normalized spacial score (nSPS) is 11.6. The molecule has 6 aromatic rings. The summed E-state index contributed by atoms with van der Waals surface area (Å²) in [6, 6.07) is 25.3. The number of nitrogens with zero attached hydrogens (tertiary/aromatic N) is 6. The van der Waals surface area contributed by atoms with E-state index in [0.717, 1.165) is 12.1 Å². The monoisotopic (exact) mass is 830 g/mol. The van der Waals surface area contributed by atoms with Crippen molar-refractivity contribution in [1.82, 2.24) is 29.9 Å². The van der Waals surface area contributed by atoms with Gasteiger partial charge in [-0.3, -0.25) is 9.11 Å². The number of anilines is 8. The number of aliphatic hydroxyl groups excluding tert-OH is 2. The Labute approximate surface area is 331 Å². The average molecular weight is 831 g/mol. The van der Waals surface area contributed by atoms with E-state index < -0.39 is 30.0 Å². The SMILES string of the molecule is O=S(=O)(O)c1cc(Nc2nc(Nc3ccccc3)nc(OCCO)n2)ccc1C=Cc1ccc(Nc2nc(Nc3ccccc3)nc(OCCO)n2)cc1S(=O)(=O)O. The Morgan fingerprint density at radius 2 is 0.828 bits per heavy atom. The molecule has 4 aromatic carbocycles. The van der Waals surface area contributed by atoms with Gasteiger partial charge in [0.15, 0.2) is 0 Å². The van der Waals surface area contributed by atoms with E-state index in [4.69, 9.17) is 9.47 Å². The van der Waals surface area contributed by atoms with Crippen molar-refractivity contribution >= 4 is 78.9 Å². The molecule has 0 saturated heterocycles. The van der Waals surface area contributed by atoms with Gasteiger partial charge >= 0.3 is 12.0 Å². The molecule has 0 aliphatic carbocycles. The van der Waals surface area contributed by atoms with Crippen LogP contribution in [0.3, 0.4) is 0 Å². The first-order chi connectivity index (χ1) is 27.9. The topological polar surface area (TPSA) is 293 Å². The second-order valence-electron chi connectivity index (χ2n) is 11.7. The van der Waals surface area contributed by atoms with Crippen LogP contribution in [0.4, 0.5) is 46.5 Å². The zero-order valence-corrected chi connectivity index (χ0v) is 31.6. The lowest BCUT2D eigenvalue weighted by Crippen LogP contribution is -2.10. The van der Waals surface area contributed by atoms with Crippen LogP contribution in [0, 0.1) is 0 Å². The minimum Gasteiger partial charge on any atom is -0.461 e. The van der Waals surface area contributed by atoms with Crippen LogP contribution in [-0.4, -0.2) is 92.5 Å². The summed E-state index contributed by atoms with van der Waals surface area (Å²) in [6.07, 6.45) is 2.46. The molecule has 0 spiro atoms. The van der Waals surface area contributed by atoms with Crippen molar-refractivity contribution in [2.45, 2.75) is 9.79 Å². The highest BCUT2D eigenvalue weighted by atomic mass is 32.2. The van der Waals surface area contributed by atoms with Crippen LogP contribution in [-0.2, 0) is 20.2 Å². The minimum atomic E-state index is -4.87. The molecular weight excluding hydrogens is 797 g/mol. The fourth-order valence-corrected chi connectivity index (χ4v) is 6.44. The number of ether oxygens (including phenoxy) is 2. The molecule has 58 heavy (non-hydrogen) atoms. The molecule has 22 heteroatoms. The van der Waals surface area contributed by atoms with Gasteiger partial charge in [-0.25, -0.2) is 0 Å². The number of hydrogen-bond acceptors (Lipinski definition) is 18. The van der Waals surface area contributed by atoms with Crippen molar-refractivity contribution in [1.29, 1.82) is 0 Å². The van der Waals surface area contributed by atoms with Gasteiger partial charge in [0.1, 0.15) is 23.0 Å². The predicted octanol–water partition coefficient (Wildman–Crippen LogP) is 4.44. The fraction of sp³-hybridized carbons (Fsp3) is 0.111. The largest absolute Gasteiger partial charge is 0.461 e. The molecule has 20 nitrogen and oxygen atoms in total. The summed E-state index contributed by atoms with van der Waals surface area (Å²) in [4.78, 5) is 24.1. The summed E-state index contributed by atoms with van der Waals surface area (Å²) in [6.45, 7) is -0.854. The maximum absolute atomic E-state index is 12.6. The standard InChI is InChI=1S/C36H34N10O10S2/c47-17-19-55-35-43-31(37-25-7-3-1-4-8-25)41-33(45-35)39-27-15-13-23(29(21-27)57(49,50)51)11-12-24-14-16-28(22-30(24)58(52,53)54)40-34-42-32(38-26-9-5-2-6-10-26)44-36(46-34)56-20-18-48/h1-16,21-22,47-48H,17-20H2,(H,49,50,51)(H,52,53,54)(H2,37,39,41,43,45)(H2,38,40,42,44,46). The van der Waals surface area contributed by atoms with Crippen LogP contribution in [0.5, 0.6) is 12.0 Å². The Morgan fingerprint density at radius 3 is 1.16 bits per heavy atom. The highest BCUT2D eigenvalue weighted by molar-refractivity contribution is 7.86. The summed E-state index contributed by atoms with van der Waals surface area (Å²) < 4.78 is 81.3. The third-order valence-corrected chi connectivity index (χ3v) is 9.29. The Balaban J connectivity index is 1.27. The van der Waals surface area contributed by atoms with Gasteiger partial charge in [0, 0.05) is 22.7 Å². The number of benzene rings is 4. The molecule has 2 heterocycles. The molecule has 0 atom stereocenters. The molecule has 8 N–H and O–H groups in total. The van der Waals surface area contributed by atoms with Gasteiger partial charge in [-0.05, 0) is 59.7 Å². The van der Waals surface area contributed by atoms with E-state index >= 15 is 0 Å². The van der Waals surface area contributed by atoms with E-state index in [1.54, 1.807) is 48.5 Å². The zero-order chi connectivity index (χ0) is 41.1. The third kappa shape index (κ3) is 11.4. The van der Waals surface area contributed by atoms with Gasteiger partial charge in [-0.15, -0.1) is 0 Å². The molecule has 0 aliphatic heterocycles. The van der Waals surface area contributed by atoms with Gasteiger partial charge in [0.05, 0.1) is 13.2 Å². The molecular formula is C36H34N10O10S2. The number of rotatable bonds is 18. The number of hydrogen-bond donors (Lipinski definition) is 8. The van der Waals surface area contributed by atoms with Crippen molar-refractivity contribution in [2.24, 2.45) is 0 Å². The number of aliphatic hydroxyl groups is 2. The Bertz CT molecular complexity index is 2440. The second-order valence-corrected chi connectivity index (χ2v) is 14.5. The predicted molar refractivity (Wildman–Crippen MR) is 212 cm³/mol. The molecule has 0 amide bonds. The Kier molecular flexibility index (Phi) is 13.0. The van der Waals surface area contributed by atoms with Crippen LogP contribution in [0.2, 0.25) is 0 Å². The maximum Gasteiger partial charge on any atom is 0.323 e. The number of nitrogens with one attached hydrogen (secondary N) is 4. The van der Waals surface area contributed by atoms with Gasteiger partial charge in [-0.1, -0.05) is 60.7 Å². The summed E-state index contributed by atoms with van der Waals surface area (Å²) in [5.74, 6) is -0.0200. The lowest BCUT2D eigenvalue weighted by atomic mass is 10.1. The molecule has 0 radical (unpaired) electrons. The van der Waals surface area contributed by atoms with E-state index in [1.807, 2.05) is 12.1 Å². The van der Waals surface area contributed by atoms with Crippen molar-refractivity contribution < 1.29 is 45.6 Å². The summed E-state index contributed by atoms with van der Waals surface area (Å²) in [5, 5.41) is 30.1. The highest BCUT2D eigenvalue weighted by Crippen LogP contribution is 2.29. The summed E-state index contributed by atoms with van der Waals surface area (Å²) >= 11 is 0. The first kappa shape index (κ1) is 40.8. The molecule has 0 saturated carbocycles. The van der Waals surface area contributed by atoms with Gasteiger partial charge in [0.25, 0.3) is 20.2 Å². The smallest absolute Gasteiger partial charge is 0.323 e. The third-order valence-electron chi connectivity index (χ3n) is 7.47. The summed E-state index contributed by atoms with van der Waals surface area (Å²) in [5.41, 5.74) is 1.43. The van der Waals surface area contributed by atoms with Gasteiger partial charge in [-0.2, -0.15) is 46.7 Å². The quantitative estimate of drug-likeness (QED) is 0.0439. The van der Waals surface area contributed by atoms with E-state index in [1.165, 1.54) is 36.4 Å². The van der Waals surface area contributed by atoms with Crippen molar-refractivity contribution in [2.75, 3.05) is 47.7 Å². The molecule has 2 aromatic heterocycles. The zero-order valence-electron chi connectivity index (χ0n) is 30.0. The summed E-state index contributed by atoms with van der Waals surface area (Å²) in [7, 11) is -9.74. The lowest BCUT2D eigenvalue weighted by Gasteiger charge is -2.12. The van der Waals surface area contributed by atoms with Gasteiger partial charge in [0.2, 0.25) is 23.8 Å². The highest BCUT2D eigenvalue weighted by Gasteiger charge is 2.19. The molecule has 0 fully saturated rings. The van der Waals surface area contributed by atoms with Crippen LogP contribution < -0.4 is 30.7 Å². The Hall–Kier alpha value is -6.82. The number of aromatic nitrogens is 6. The molecule has 300 valence electrons.